The molecule has 0 saturated heterocycles. The highest BCUT2D eigenvalue weighted by atomic mass is 32.2. The molecule has 0 bridgehead atoms. The number of allylic oxidation sites excluding steroid dienone is 1. The van der Waals surface area contributed by atoms with E-state index in [0.717, 1.165) is 5.56 Å². The zero-order valence-corrected chi connectivity index (χ0v) is 17.6. The maximum atomic E-state index is 12.9. The van der Waals surface area contributed by atoms with Crippen LogP contribution in [0.25, 0.3) is 0 Å². The SMILES string of the molecule is CCOC(=O)C1=C(CSCCNC=O)NC(C)=C(C(=O)OC)C1c1ccccc1. The lowest BCUT2D eigenvalue weighted by Crippen LogP contribution is -2.34. The number of hydrogen-bond donors (Lipinski definition) is 2. The lowest BCUT2D eigenvalue weighted by atomic mass is 9.80. The van der Waals surface area contributed by atoms with Crippen LogP contribution in [0.1, 0.15) is 25.3 Å². The number of thioether (sulfide) groups is 1. The topological polar surface area (TPSA) is 93.7 Å². The van der Waals surface area contributed by atoms with Gasteiger partial charge in [-0.05, 0) is 19.4 Å². The Morgan fingerprint density at radius 1 is 1.21 bits per heavy atom. The number of methoxy groups -OCH3 is 1. The van der Waals surface area contributed by atoms with Crippen LogP contribution in [-0.4, -0.2) is 50.1 Å². The first kappa shape index (κ1) is 22.5. The van der Waals surface area contributed by atoms with Gasteiger partial charge in [0.05, 0.1) is 30.8 Å². The predicted octanol–water partition coefficient (Wildman–Crippen LogP) is 2.12. The molecule has 2 rings (SSSR count). The Labute approximate surface area is 174 Å². The Balaban J connectivity index is 2.49. The van der Waals surface area contributed by atoms with Gasteiger partial charge < -0.3 is 20.1 Å². The molecule has 0 saturated carbocycles. The van der Waals surface area contributed by atoms with Crippen molar-refractivity contribution in [2.24, 2.45) is 0 Å². The van der Waals surface area contributed by atoms with E-state index in [2.05, 4.69) is 10.6 Å². The molecule has 1 aromatic rings. The summed E-state index contributed by atoms with van der Waals surface area (Å²) in [5.41, 5.74) is 2.93. The summed E-state index contributed by atoms with van der Waals surface area (Å²) in [6, 6.07) is 9.37. The van der Waals surface area contributed by atoms with Gasteiger partial charge in [-0.3, -0.25) is 4.79 Å². The zero-order valence-electron chi connectivity index (χ0n) is 16.8. The highest BCUT2D eigenvalue weighted by Crippen LogP contribution is 2.39. The van der Waals surface area contributed by atoms with Crippen LogP contribution in [0.3, 0.4) is 0 Å². The second-order valence-corrected chi connectivity index (χ2v) is 7.34. The fraction of sp³-hybridized carbons (Fsp3) is 0.381. The van der Waals surface area contributed by atoms with Crippen molar-refractivity contribution in [1.82, 2.24) is 10.6 Å². The van der Waals surface area contributed by atoms with Gasteiger partial charge in [0.25, 0.3) is 0 Å². The first-order valence-corrected chi connectivity index (χ1v) is 10.5. The second-order valence-electron chi connectivity index (χ2n) is 6.24. The van der Waals surface area contributed by atoms with E-state index in [-0.39, 0.29) is 6.61 Å². The van der Waals surface area contributed by atoms with E-state index in [0.29, 0.717) is 47.0 Å². The van der Waals surface area contributed by atoms with Crippen molar-refractivity contribution in [3.05, 3.63) is 58.4 Å². The quantitative estimate of drug-likeness (QED) is 0.341. The molecule has 1 amide bonds. The molecule has 156 valence electrons. The van der Waals surface area contributed by atoms with Crippen LogP contribution in [0.5, 0.6) is 0 Å². The normalized spacial score (nSPS) is 16.2. The zero-order chi connectivity index (χ0) is 21.2. The van der Waals surface area contributed by atoms with E-state index in [1.165, 1.54) is 7.11 Å². The third-order valence-corrected chi connectivity index (χ3v) is 5.38. The molecular formula is C21H26N2O5S. The molecule has 1 aromatic carbocycles. The Morgan fingerprint density at radius 2 is 1.93 bits per heavy atom. The van der Waals surface area contributed by atoms with Crippen molar-refractivity contribution in [2.45, 2.75) is 19.8 Å². The maximum absolute atomic E-state index is 12.9. The number of hydrogen-bond acceptors (Lipinski definition) is 7. The van der Waals surface area contributed by atoms with Crippen molar-refractivity contribution in [3.63, 3.8) is 0 Å². The van der Waals surface area contributed by atoms with E-state index in [1.807, 2.05) is 30.3 Å². The Hall–Kier alpha value is -2.74. The number of ether oxygens (including phenoxy) is 2. The summed E-state index contributed by atoms with van der Waals surface area (Å²) in [4.78, 5) is 35.9. The predicted molar refractivity (Wildman–Crippen MR) is 112 cm³/mol. The first-order valence-electron chi connectivity index (χ1n) is 9.31. The monoisotopic (exact) mass is 418 g/mol. The highest BCUT2D eigenvalue weighted by molar-refractivity contribution is 7.99. The minimum absolute atomic E-state index is 0.226. The lowest BCUT2D eigenvalue weighted by molar-refractivity contribution is -0.139. The molecule has 1 heterocycles. The summed E-state index contributed by atoms with van der Waals surface area (Å²) in [5, 5.41) is 5.82. The molecule has 1 aliphatic rings. The third-order valence-electron chi connectivity index (χ3n) is 4.40. The average molecular weight is 419 g/mol. The fourth-order valence-corrected chi connectivity index (χ4v) is 4.02. The summed E-state index contributed by atoms with van der Waals surface area (Å²) in [6.07, 6.45) is 0.656. The van der Waals surface area contributed by atoms with Crippen molar-refractivity contribution in [3.8, 4) is 0 Å². The second kappa shape index (κ2) is 11.3. The van der Waals surface area contributed by atoms with Gasteiger partial charge in [0.1, 0.15) is 0 Å². The lowest BCUT2D eigenvalue weighted by Gasteiger charge is -2.31. The number of dihydropyridines is 1. The van der Waals surface area contributed by atoms with Crippen LogP contribution in [0.2, 0.25) is 0 Å². The Kier molecular flexibility index (Phi) is 8.79. The molecule has 1 atom stereocenters. The molecule has 7 nitrogen and oxygen atoms in total. The standard InChI is InChI=1S/C21H26N2O5S/c1-4-28-21(26)19-16(12-29-11-10-22-13-24)23-14(2)17(20(25)27-3)18(19)15-8-6-5-7-9-15/h5-9,13,18,23H,4,10-12H2,1-3H3,(H,22,24). The molecule has 0 spiro atoms. The molecule has 8 heteroatoms. The first-order chi connectivity index (χ1) is 14.0. The number of benzene rings is 1. The van der Waals surface area contributed by atoms with Gasteiger partial charge in [-0.15, -0.1) is 0 Å². The van der Waals surface area contributed by atoms with E-state index < -0.39 is 17.9 Å². The fourth-order valence-electron chi connectivity index (χ4n) is 3.18. The molecular weight excluding hydrogens is 392 g/mol. The van der Waals surface area contributed by atoms with Crippen molar-refractivity contribution in [2.75, 3.05) is 31.8 Å². The van der Waals surface area contributed by atoms with Gasteiger partial charge >= 0.3 is 11.9 Å². The van der Waals surface area contributed by atoms with Gasteiger partial charge in [0, 0.05) is 29.4 Å². The van der Waals surface area contributed by atoms with Crippen LogP contribution >= 0.6 is 11.8 Å². The van der Waals surface area contributed by atoms with Crippen molar-refractivity contribution >= 4 is 30.1 Å². The summed E-state index contributed by atoms with van der Waals surface area (Å²) in [6.45, 7) is 4.29. The smallest absolute Gasteiger partial charge is 0.336 e. The minimum Gasteiger partial charge on any atom is -0.466 e. The maximum Gasteiger partial charge on any atom is 0.336 e. The van der Waals surface area contributed by atoms with Crippen LogP contribution in [0.4, 0.5) is 0 Å². The molecule has 0 fully saturated rings. The van der Waals surface area contributed by atoms with Gasteiger partial charge in [-0.2, -0.15) is 11.8 Å². The van der Waals surface area contributed by atoms with Gasteiger partial charge in [-0.25, -0.2) is 9.59 Å². The van der Waals surface area contributed by atoms with E-state index in [1.54, 1.807) is 25.6 Å². The van der Waals surface area contributed by atoms with Crippen LogP contribution in [0.15, 0.2) is 52.9 Å². The Bertz CT molecular complexity index is 805. The summed E-state index contributed by atoms with van der Waals surface area (Å²) >= 11 is 1.57. The number of amides is 1. The molecule has 2 N–H and O–H groups in total. The van der Waals surface area contributed by atoms with Gasteiger partial charge in [-0.1, -0.05) is 30.3 Å². The summed E-state index contributed by atoms with van der Waals surface area (Å²) in [5.74, 6) is -0.364. The minimum atomic E-state index is -0.590. The van der Waals surface area contributed by atoms with E-state index in [9.17, 15) is 14.4 Å². The van der Waals surface area contributed by atoms with E-state index >= 15 is 0 Å². The van der Waals surface area contributed by atoms with E-state index in [4.69, 9.17) is 9.47 Å². The molecule has 1 unspecified atom stereocenters. The molecule has 0 aliphatic carbocycles. The highest BCUT2D eigenvalue weighted by Gasteiger charge is 2.38. The largest absolute Gasteiger partial charge is 0.466 e. The van der Waals surface area contributed by atoms with Crippen molar-refractivity contribution < 1.29 is 23.9 Å². The summed E-state index contributed by atoms with van der Waals surface area (Å²) in [7, 11) is 1.32. The average Bonchev–Trinajstić information content (AvgIpc) is 2.73. The number of nitrogens with one attached hydrogen (secondary N) is 2. The van der Waals surface area contributed by atoms with Crippen LogP contribution in [0, 0.1) is 0 Å². The van der Waals surface area contributed by atoms with Crippen molar-refractivity contribution in [1.29, 1.82) is 0 Å². The van der Waals surface area contributed by atoms with Crippen LogP contribution in [-0.2, 0) is 23.9 Å². The molecule has 29 heavy (non-hydrogen) atoms. The molecule has 1 aliphatic heterocycles. The number of carbonyl (C=O) groups is 3. The third kappa shape index (κ3) is 5.63. The molecule has 0 aromatic heterocycles. The molecule has 0 radical (unpaired) electrons. The number of rotatable bonds is 10. The van der Waals surface area contributed by atoms with Crippen LogP contribution < -0.4 is 10.6 Å². The summed E-state index contributed by atoms with van der Waals surface area (Å²) < 4.78 is 10.3. The number of carbonyl (C=O) groups excluding carboxylic acids is 3. The Morgan fingerprint density at radius 3 is 2.55 bits per heavy atom. The number of esters is 2. The van der Waals surface area contributed by atoms with Gasteiger partial charge in [0.15, 0.2) is 0 Å². The van der Waals surface area contributed by atoms with Gasteiger partial charge in [0.2, 0.25) is 6.41 Å².